The van der Waals surface area contributed by atoms with Gasteiger partial charge in [0.05, 0.1) is 0 Å². The molecule has 0 fully saturated rings. The van der Waals surface area contributed by atoms with E-state index in [-0.39, 0.29) is 166 Å². The number of rotatable bonds is 0. The summed E-state index contributed by atoms with van der Waals surface area (Å²) in [5.74, 6) is 0. The molecule has 0 rings (SSSR count). The first-order chi connectivity index (χ1) is 0. The maximum Gasteiger partial charge on any atom is 4.00 e. The summed E-state index contributed by atoms with van der Waals surface area (Å²) in [6, 6.07) is 0. The molecule has 0 aliphatic carbocycles. The van der Waals surface area contributed by atoms with Crippen LogP contribution in [0, 0.1) is 79.9 Å². The van der Waals surface area contributed by atoms with Gasteiger partial charge in [0.1, 0.15) is 0 Å². The van der Waals surface area contributed by atoms with E-state index < -0.39 is 0 Å². The minimum Gasteiger partial charge on any atom is -2.00 e. The molecule has 0 heterocycles. The van der Waals surface area contributed by atoms with Gasteiger partial charge in [0.2, 0.25) is 0 Å². The van der Waals surface area contributed by atoms with E-state index in [2.05, 4.69) is 0 Å². The van der Waals surface area contributed by atoms with Gasteiger partial charge in [-0.15, -0.1) is 0 Å². The van der Waals surface area contributed by atoms with Crippen LogP contribution in [0.3, 0.4) is 0 Å². The predicted octanol–water partition coefficient (Wildman–Crippen LogP) is -1.07. The molecule has 0 spiro atoms. The third-order valence-corrected chi connectivity index (χ3v) is 0. The molecule has 0 aromatic heterocycles. The Bertz CT molecular complexity index is 15.6. The minimum absolute atomic E-state index is 0. The van der Waals surface area contributed by atoms with E-state index in [9.17, 15) is 0 Å². The second-order valence-corrected chi connectivity index (χ2v) is 0. The fraction of sp³-hybridized carbons (Fsp3) is 0. The first kappa shape index (κ1) is 329. The van der Waals surface area contributed by atoms with E-state index in [1.165, 1.54) is 0 Å². The molecule has 0 unspecified atom stereocenters. The summed E-state index contributed by atoms with van der Waals surface area (Å²) in [6.45, 7) is 0. The van der Waals surface area contributed by atoms with Gasteiger partial charge in [-0.3, -0.25) is 0 Å². The monoisotopic (exact) mass is 710 g/mol. The van der Waals surface area contributed by atoms with Crippen LogP contribution in [0.5, 0.6) is 0 Å². The van der Waals surface area contributed by atoms with E-state index in [1.807, 2.05) is 0 Å². The zero-order valence-electron chi connectivity index (χ0n) is 5.57. The van der Waals surface area contributed by atoms with Gasteiger partial charge >= 0.3 is 79.9 Å². The van der Waals surface area contributed by atoms with Crippen molar-refractivity contribution < 1.29 is 166 Å². The molecule has 0 aliphatic rings. The van der Waals surface area contributed by atoms with Gasteiger partial charge in [0.15, 0.2) is 0 Å². The second kappa shape index (κ2) is 270. The van der Waals surface area contributed by atoms with Crippen LogP contribution in [-0.2, 0) is 86.4 Å². The van der Waals surface area contributed by atoms with Crippen LogP contribution in [0.2, 0.25) is 0 Å². The summed E-state index contributed by atoms with van der Waals surface area (Å²) in [5.41, 5.74) is 0. The van der Waals surface area contributed by atoms with E-state index in [0.717, 1.165) is 0 Å². The Morgan fingerprint density at radius 3 is 0.231 bits per heavy atom. The van der Waals surface area contributed by atoms with Gasteiger partial charge in [-0.2, -0.15) is 0 Å². The minimum atomic E-state index is 0. The molecule has 0 N–H and O–H groups in total. The van der Waals surface area contributed by atoms with E-state index in [4.69, 9.17) is 0 Å². The Labute approximate surface area is 163 Å². The summed E-state index contributed by atoms with van der Waals surface area (Å²) in [7, 11) is 0. The maximum atomic E-state index is 0. The molecule has 0 saturated heterocycles. The van der Waals surface area contributed by atoms with E-state index in [1.54, 1.807) is 0 Å². The van der Waals surface area contributed by atoms with Crippen LogP contribution in [0.15, 0.2) is 0 Å². The molecule has 2 radical (unpaired) electrons. The van der Waals surface area contributed by atoms with Crippen LogP contribution in [0.1, 0.15) is 0 Å². The van der Waals surface area contributed by atoms with Crippen LogP contribution < -0.4 is 0 Å². The van der Waals surface area contributed by atoms with Crippen molar-refractivity contribution in [2.45, 2.75) is 0 Å². The Balaban J connectivity index is 0. The standard InChI is InChI=1S/9O.2Th.2V/q9*-2;2*+4;;. The Morgan fingerprint density at radius 2 is 0.231 bits per heavy atom. The number of hydrogen-bond acceptors (Lipinski definition) is 0. The zero-order chi connectivity index (χ0) is 0. The average Bonchev–Trinajstić information content (AvgIpc) is 0. The van der Waals surface area contributed by atoms with Crippen molar-refractivity contribution in [3.8, 4) is 0 Å². The van der Waals surface area contributed by atoms with Crippen LogP contribution in [0.4, 0.5) is 0 Å². The molecule has 0 aromatic carbocycles. The molecule has 0 saturated carbocycles. The summed E-state index contributed by atoms with van der Waals surface area (Å²) < 4.78 is 0. The first-order valence-corrected chi connectivity index (χ1v) is 0. The molecular formula is O9Th2V2-10. The second-order valence-electron chi connectivity index (χ2n) is 0. The summed E-state index contributed by atoms with van der Waals surface area (Å²) in [6.07, 6.45) is 0. The Kier molecular flexibility index (Phi) is 6840. The van der Waals surface area contributed by atoms with Gasteiger partial charge in [0.25, 0.3) is 0 Å². The molecule has 13 heteroatoms. The van der Waals surface area contributed by atoms with Crippen molar-refractivity contribution in [1.82, 2.24) is 0 Å². The predicted molar refractivity (Wildman–Crippen MR) is 6.18 cm³/mol. The third-order valence-electron chi connectivity index (χ3n) is 0. The van der Waals surface area contributed by atoms with Crippen molar-refractivity contribution in [3.05, 3.63) is 0 Å². The van der Waals surface area contributed by atoms with Crippen molar-refractivity contribution >= 4 is 0 Å². The van der Waals surface area contributed by atoms with Gasteiger partial charge in [-0.05, 0) is 0 Å². The first-order valence-electron chi connectivity index (χ1n) is 0. The fourth-order valence-electron chi connectivity index (χ4n) is 0. The van der Waals surface area contributed by atoms with Crippen LogP contribution in [-0.4, -0.2) is 0 Å². The Hall–Kier alpha value is 3.46. The molecule has 0 aromatic rings. The third kappa shape index (κ3) is 234. The van der Waals surface area contributed by atoms with Gasteiger partial charge in [-0.1, -0.05) is 0 Å². The van der Waals surface area contributed by atoms with E-state index in [0.29, 0.717) is 0 Å². The van der Waals surface area contributed by atoms with Crippen molar-refractivity contribution in [2.75, 3.05) is 0 Å². The normalized spacial score (nSPS) is 0. The van der Waals surface area contributed by atoms with Crippen molar-refractivity contribution in [3.63, 3.8) is 0 Å². The smallest absolute Gasteiger partial charge is 2.00 e. The van der Waals surface area contributed by atoms with E-state index >= 15 is 0 Å². The topological polar surface area (TPSA) is 256 Å². The largest absolute Gasteiger partial charge is 4.00 e. The summed E-state index contributed by atoms with van der Waals surface area (Å²) in [4.78, 5) is 0. The molecular weight excluding hydrogens is 710 g/mol. The maximum absolute atomic E-state index is 0. The molecule has 0 atom stereocenters. The van der Waals surface area contributed by atoms with Crippen LogP contribution in [0.25, 0.3) is 0 Å². The van der Waals surface area contributed by atoms with Gasteiger partial charge in [-0.25, -0.2) is 0 Å². The SMILES string of the molecule is [O-2].[O-2].[O-2].[O-2].[O-2].[O-2].[O-2].[O-2].[O-2].[Th+4].[Th+4].[V].[V]. The quantitative estimate of drug-likeness (QED) is 0.291. The summed E-state index contributed by atoms with van der Waals surface area (Å²) >= 11 is 0. The average molecular weight is 710 g/mol. The Morgan fingerprint density at radius 1 is 0.231 bits per heavy atom. The zero-order valence-corrected chi connectivity index (χ0v) is 16.6. The van der Waals surface area contributed by atoms with Crippen molar-refractivity contribution in [1.29, 1.82) is 0 Å². The van der Waals surface area contributed by atoms with Crippen molar-refractivity contribution in [2.24, 2.45) is 0 Å². The van der Waals surface area contributed by atoms with Gasteiger partial charge < -0.3 is 49.3 Å². The molecule has 9 nitrogen and oxygen atoms in total. The fourth-order valence-corrected chi connectivity index (χ4v) is 0. The summed E-state index contributed by atoms with van der Waals surface area (Å²) in [5, 5.41) is 0. The van der Waals surface area contributed by atoms with Crippen LogP contribution >= 0.6 is 0 Å². The molecule has 0 aliphatic heterocycles. The number of hydrogen-bond donors (Lipinski definition) is 0. The van der Waals surface area contributed by atoms with Gasteiger partial charge in [0, 0.05) is 37.1 Å². The molecule has 0 amide bonds. The molecule has 13 heavy (non-hydrogen) atoms. The molecule has 82 valence electrons. The molecule has 0 bridgehead atoms.